The fourth-order valence-electron chi connectivity index (χ4n) is 7.02. The molecule has 2 N–H and O–H groups in total. The Bertz CT molecular complexity index is 1900. The third kappa shape index (κ3) is 13.2. The van der Waals surface area contributed by atoms with Crippen LogP contribution < -0.4 is 5.73 Å². The fourth-order valence-corrected chi connectivity index (χ4v) is 7.02. The zero-order chi connectivity index (χ0) is 36.2. The van der Waals surface area contributed by atoms with Crippen LogP contribution in [0.15, 0.2) is 170 Å². The van der Waals surface area contributed by atoms with Gasteiger partial charge in [0.05, 0.1) is 6.04 Å². The molecular formula is C51H57FeN. The van der Waals surface area contributed by atoms with E-state index in [1.54, 1.807) is 0 Å². The minimum atomic E-state index is 0. The van der Waals surface area contributed by atoms with Gasteiger partial charge in [0.2, 0.25) is 0 Å². The average Bonchev–Trinajstić information content (AvgIpc) is 4.03. The van der Waals surface area contributed by atoms with Crippen molar-refractivity contribution in [3.63, 3.8) is 0 Å². The van der Waals surface area contributed by atoms with Gasteiger partial charge in [-0.1, -0.05) is 240 Å². The minimum Gasteiger partial charge on any atom is -0.320 e. The van der Waals surface area contributed by atoms with Gasteiger partial charge in [-0.15, -0.1) is 0 Å². The molecule has 0 atom stereocenters. The number of fused-ring (bicyclic) bond motifs is 5. The van der Waals surface area contributed by atoms with Crippen molar-refractivity contribution in [2.24, 2.45) is 5.73 Å². The van der Waals surface area contributed by atoms with Crippen molar-refractivity contribution in [2.75, 3.05) is 0 Å². The van der Waals surface area contributed by atoms with Crippen LogP contribution in [0.2, 0.25) is 0 Å². The van der Waals surface area contributed by atoms with Crippen molar-refractivity contribution < 1.29 is 17.1 Å². The third-order valence-electron chi connectivity index (χ3n) is 9.99. The van der Waals surface area contributed by atoms with Crippen LogP contribution in [0.4, 0.5) is 0 Å². The standard InChI is InChI=1S/C13H11N.C11H10.C10H8.C7H8.2C5H10.Fe/c14-13-11-7-3-1-5-9(11)10-6-2-4-8-12(10)13;1-9-5-4-7-10-6-2-3-8-11(9)10;1-2-6-10-8-4-3-7-9(10)5-1;1-7-5-3-2-4-6-7;2*1-2-4-5-3-1;/h1-8,13H,14H2;2-8H,1H3;1-8H;2-6H,1H3;2*1-5H2;. The molecule has 2 saturated carbocycles. The summed E-state index contributed by atoms with van der Waals surface area (Å²) in [4.78, 5) is 0. The monoisotopic (exact) mass is 739 g/mol. The van der Waals surface area contributed by atoms with E-state index in [0.717, 1.165) is 0 Å². The van der Waals surface area contributed by atoms with E-state index in [-0.39, 0.29) is 23.1 Å². The number of nitrogens with two attached hydrogens (primary N) is 1. The SMILES string of the molecule is C1CCCC1.C1CCCC1.Cc1cccc2ccccc12.Cc1ccccc1.NC1c2ccccc2-c2ccccc21.[Fe].c1ccc2ccccc2c1. The largest absolute Gasteiger partial charge is 0.320 e. The molecule has 0 heterocycles. The molecule has 0 unspecified atom stereocenters. The maximum Gasteiger partial charge on any atom is 0.0563 e. The molecule has 7 aromatic carbocycles. The van der Waals surface area contributed by atoms with Crippen molar-refractivity contribution in [1.29, 1.82) is 0 Å². The predicted molar refractivity (Wildman–Crippen MR) is 228 cm³/mol. The fraction of sp³-hybridized carbons (Fsp3) is 0.255. The van der Waals surface area contributed by atoms with Crippen LogP contribution in [-0.2, 0) is 17.1 Å². The van der Waals surface area contributed by atoms with Crippen LogP contribution in [0, 0.1) is 13.8 Å². The molecule has 0 amide bonds. The third-order valence-corrected chi connectivity index (χ3v) is 9.99. The summed E-state index contributed by atoms with van der Waals surface area (Å²) in [5, 5.41) is 5.30. The summed E-state index contributed by atoms with van der Waals surface area (Å²) in [6, 6.07) is 58.6. The maximum absolute atomic E-state index is 6.16. The minimum absolute atomic E-state index is 0. The van der Waals surface area contributed by atoms with Crippen molar-refractivity contribution in [1.82, 2.24) is 0 Å². The molecule has 3 aliphatic rings. The van der Waals surface area contributed by atoms with E-state index in [0.29, 0.717) is 0 Å². The Hall–Kier alpha value is -4.46. The molecule has 0 radical (unpaired) electrons. The van der Waals surface area contributed by atoms with Crippen LogP contribution in [0.1, 0.15) is 92.5 Å². The molecule has 1 nitrogen and oxygen atoms in total. The van der Waals surface area contributed by atoms with Crippen LogP contribution in [0.3, 0.4) is 0 Å². The van der Waals surface area contributed by atoms with Gasteiger partial charge in [-0.3, -0.25) is 0 Å². The van der Waals surface area contributed by atoms with Crippen molar-refractivity contribution in [3.8, 4) is 11.1 Å². The summed E-state index contributed by atoms with van der Waals surface area (Å²) in [5.74, 6) is 0. The van der Waals surface area contributed by atoms with E-state index >= 15 is 0 Å². The van der Waals surface area contributed by atoms with Crippen LogP contribution in [0.25, 0.3) is 32.7 Å². The van der Waals surface area contributed by atoms with Gasteiger partial charge in [0, 0.05) is 17.1 Å². The number of benzene rings is 7. The van der Waals surface area contributed by atoms with E-state index < -0.39 is 0 Å². The molecule has 0 spiro atoms. The molecule has 0 aromatic heterocycles. The molecule has 274 valence electrons. The summed E-state index contributed by atoms with van der Waals surface area (Å²) in [6.07, 6.45) is 15.0. The number of aryl methyl sites for hydroxylation is 2. The Morgan fingerprint density at radius 2 is 0.698 bits per heavy atom. The van der Waals surface area contributed by atoms with E-state index in [2.05, 4.69) is 153 Å². The molecule has 2 heteroatoms. The van der Waals surface area contributed by atoms with Crippen LogP contribution >= 0.6 is 0 Å². The molecular weight excluding hydrogens is 682 g/mol. The number of rotatable bonds is 0. The van der Waals surface area contributed by atoms with Gasteiger partial charge in [0.25, 0.3) is 0 Å². The molecule has 0 bridgehead atoms. The first-order valence-electron chi connectivity index (χ1n) is 19.5. The quantitative estimate of drug-likeness (QED) is 0.154. The average molecular weight is 740 g/mol. The first-order chi connectivity index (χ1) is 25.6. The van der Waals surface area contributed by atoms with E-state index in [1.165, 1.54) is 119 Å². The van der Waals surface area contributed by atoms with Crippen LogP contribution in [-0.4, -0.2) is 0 Å². The Morgan fingerprint density at radius 3 is 1.09 bits per heavy atom. The molecule has 2 fully saturated rings. The molecule has 0 aliphatic heterocycles. The smallest absolute Gasteiger partial charge is 0.0563 e. The molecule has 0 saturated heterocycles. The summed E-state index contributed by atoms with van der Waals surface area (Å²) >= 11 is 0. The second-order valence-electron chi connectivity index (χ2n) is 14.0. The van der Waals surface area contributed by atoms with Crippen molar-refractivity contribution in [3.05, 3.63) is 192 Å². The topological polar surface area (TPSA) is 26.0 Å². The normalized spacial score (nSPS) is 13.3. The van der Waals surface area contributed by atoms with Gasteiger partial charge in [0.15, 0.2) is 0 Å². The summed E-state index contributed by atoms with van der Waals surface area (Å²) < 4.78 is 0. The summed E-state index contributed by atoms with van der Waals surface area (Å²) in [6.45, 7) is 4.22. The van der Waals surface area contributed by atoms with Gasteiger partial charge in [-0.05, 0) is 63.2 Å². The number of hydrogen-bond donors (Lipinski definition) is 1. The Balaban J connectivity index is 0.000000147. The molecule has 7 aromatic rings. The second kappa shape index (κ2) is 23.3. The Kier molecular flexibility index (Phi) is 18.1. The Morgan fingerprint density at radius 1 is 0.358 bits per heavy atom. The van der Waals surface area contributed by atoms with Gasteiger partial charge in [-0.25, -0.2) is 0 Å². The molecule has 3 aliphatic carbocycles. The van der Waals surface area contributed by atoms with Gasteiger partial charge >= 0.3 is 0 Å². The van der Waals surface area contributed by atoms with Crippen molar-refractivity contribution >= 4 is 21.5 Å². The zero-order valence-corrected chi connectivity index (χ0v) is 32.8. The maximum atomic E-state index is 6.16. The van der Waals surface area contributed by atoms with Crippen molar-refractivity contribution in [2.45, 2.75) is 84.1 Å². The van der Waals surface area contributed by atoms with Gasteiger partial charge in [-0.2, -0.15) is 0 Å². The summed E-state index contributed by atoms with van der Waals surface area (Å²) in [5.41, 5.74) is 13.9. The number of hydrogen-bond acceptors (Lipinski definition) is 1. The second-order valence-corrected chi connectivity index (χ2v) is 14.0. The first-order valence-corrected chi connectivity index (χ1v) is 19.5. The molecule has 10 rings (SSSR count). The Labute approximate surface area is 330 Å². The van der Waals surface area contributed by atoms with Crippen LogP contribution in [0.5, 0.6) is 0 Å². The first kappa shape index (κ1) is 41.3. The van der Waals surface area contributed by atoms with E-state index in [4.69, 9.17) is 5.73 Å². The summed E-state index contributed by atoms with van der Waals surface area (Å²) in [7, 11) is 0. The van der Waals surface area contributed by atoms with E-state index in [1.807, 2.05) is 30.3 Å². The van der Waals surface area contributed by atoms with E-state index in [9.17, 15) is 0 Å². The van der Waals surface area contributed by atoms with Gasteiger partial charge in [0.1, 0.15) is 0 Å². The zero-order valence-electron chi connectivity index (χ0n) is 31.7. The molecule has 53 heavy (non-hydrogen) atoms. The predicted octanol–water partition coefficient (Wildman–Crippen LogP) is 14.6. The van der Waals surface area contributed by atoms with Gasteiger partial charge < -0.3 is 5.73 Å².